The molecule has 0 spiro atoms. The molecule has 0 aliphatic carbocycles. The highest BCUT2D eigenvalue weighted by Crippen LogP contribution is 2.20. The summed E-state index contributed by atoms with van der Waals surface area (Å²) in [5, 5.41) is 1.06. The molecular weight excluding hydrogens is 176 g/mol. The Kier molecular flexibility index (Phi) is 1.31. The maximum absolute atomic E-state index is 11.1. The second-order valence-electron chi connectivity index (χ2n) is 3.29. The third kappa shape index (κ3) is 0.893. The van der Waals surface area contributed by atoms with Gasteiger partial charge in [0.25, 0.3) is 0 Å². The van der Waals surface area contributed by atoms with Gasteiger partial charge >= 0.3 is 0 Å². The van der Waals surface area contributed by atoms with Crippen LogP contribution >= 0.6 is 0 Å². The van der Waals surface area contributed by atoms with Crippen molar-refractivity contribution in [1.29, 1.82) is 0 Å². The van der Waals surface area contributed by atoms with Crippen LogP contribution in [-0.4, -0.2) is 9.97 Å². The molecule has 1 aromatic carbocycles. The number of fused-ring (bicyclic) bond motifs is 3. The van der Waals surface area contributed by atoms with E-state index in [0.717, 1.165) is 21.9 Å². The minimum atomic E-state index is 0.0315. The molecule has 0 saturated heterocycles. The van der Waals surface area contributed by atoms with Crippen molar-refractivity contribution in [3.05, 3.63) is 46.8 Å². The summed E-state index contributed by atoms with van der Waals surface area (Å²) in [4.78, 5) is 17.5. The summed E-state index contributed by atoms with van der Waals surface area (Å²) in [6.07, 6.45) is 1.88. The van der Waals surface area contributed by atoms with Crippen LogP contribution in [0.1, 0.15) is 0 Å². The highest BCUT2D eigenvalue weighted by Gasteiger charge is 2.02. The molecule has 0 atom stereocenters. The van der Waals surface area contributed by atoms with E-state index < -0.39 is 0 Å². The number of aromatic nitrogens is 2. The first-order valence-corrected chi connectivity index (χ1v) is 4.44. The van der Waals surface area contributed by atoms with E-state index in [2.05, 4.69) is 9.97 Å². The molecule has 0 unspecified atom stereocenters. The highest BCUT2D eigenvalue weighted by molar-refractivity contribution is 6.04. The SMILES string of the molecule is O=c1ccc2c(c1)[nH]c1ccc[nH]c12. The maximum atomic E-state index is 11.1. The number of H-pyrrole nitrogens is 2. The van der Waals surface area contributed by atoms with E-state index in [1.807, 2.05) is 24.4 Å². The van der Waals surface area contributed by atoms with Crippen LogP contribution in [0.4, 0.5) is 0 Å². The van der Waals surface area contributed by atoms with Crippen LogP contribution in [0.2, 0.25) is 0 Å². The number of hydrogen-bond donors (Lipinski definition) is 2. The molecule has 3 nitrogen and oxygen atoms in total. The van der Waals surface area contributed by atoms with Gasteiger partial charge in [0.15, 0.2) is 5.43 Å². The van der Waals surface area contributed by atoms with Crippen LogP contribution < -0.4 is 5.43 Å². The van der Waals surface area contributed by atoms with Crippen LogP contribution in [0, 0.1) is 0 Å². The predicted octanol–water partition coefficient (Wildman–Crippen LogP) is 2.01. The molecule has 0 saturated carbocycles. The zero-order valence-corrected chi connectivity index (χ0v) is 7.37. The molecule has 3 rings (SSSR count). The third-order valence-electron chi connectivity index (χ3n) is 2.39. The van der Waals surface area contributed by atoms with Gasteiger partial charge in [-0.05, 0) is 24.3 Å². The molecule has 2 aromatic heterocycles. The summed E-state index contributed by atoms with van der Waals surface area (Å²) in [6.45, 7) is 0. The van der Waals surface area contributed by atoms with Gasteiger partial charge in [0.2, 0.25) is 0 Å². The summed E-state index contributed by atoms with van der Waals surface area (Å²) in [5.74, 6) is 0. The van der Waals surface area contributed by atoms with E-state index in [1.165, 1.54) is 0 Å². The van der Waals surface area contributed by atoms with Gasteiger partial charge in [-0.25, -0.2) is 0 Å². The first-order valence-electron chi connectivity index (χ1n) is 4.44. The topological polar surface area (TPSA) is 48.6 Å². The molecule has 14 heavy (non-hydrogen) atoms. The molecule has 2 N–H and O–H groups in total. The standard InChI is InChI=1S/C11H8N2O/c14-7-3-4-8-10(6-7)13-9-2-1-5-12-11(8)9/h1-6,12-13H. The number of pyridine rings is 1. The van der Waals surface area contributed by atoms with Crippen molar-refractivity contribution >= 4 is 21.9 Å². The Morgan fingerprint density at radius 1 is 1.07 bits per heavy atom. The molecule has 0 aliphatic rings. The van der Waals surface area contributed by atoms with Gasteiger partial charge in [0.05, 0.1) is 16.6 Å². The Bertz CT molecular complexity index is 663. The minimum Gasteiger partial charge on any atom is -0.359 e. The van der Waals surface area contributed by atoms with E-state index in [4.69, 9.17) is 0 Å². The number of hydrogen-bond acceptors (Lipinski definition) is 1. The molecule has 0 aliphatic heterocycles. The molecule has 2 heterocycles. The average molecular weight is 184 g/mol. The Morgan fingerprint density at radius 2 is 2.00 bits per heavy atom. The van der Waals surface area contributed by atoms with Crippen LogP contribution in [0.25, 0.3) is 21.9 Å². The fourth-order valence-electron chi connectivity index (χ4n) is 1.75. The van der Waals surface area contributed by atoms with Gasteiger partial charge in [0.1, 0.15) is 0 Å². The molecule has 0 fully saturated rings. The van der Waals surface area contributed by atoms with Gasteiger partial charge in [0, 0.05) is 17.6 Å². The van der Waals surface area contributed by atoms with Crippen LogP contribution in [-0.2, 0) is 0 Å². The van der Waals surface area contributed by atoms with E-state index in [0.29, 0.717) is 0 Å². The average Bonchev–Trinajstić information content (AvgIpc) is 2.54. The normalized spacial score (nSPS) is 11.1. The molecule has 68 valence electrons. The van der Waals surface area contributed by atoms with E-state index in [1.54, 1.807) is 12.1 Å². The lowest BCUT2D eigenvalue weighted by molar-refractivity contribution is 1.42. The largest absolute Gasteiger partial charge is 0.359 e. The number of aromatic amines is 2. The van der Waals surface area contributed by atoms with Gasteiger partial charge in [-0.15, -0.1) is 0 Å². The number of benzene rings is 1. The zero-order chi connectivity index (χ0) is 9.54. The van der Waals surface area contributed by atoms with Crippen molar-refractivity contribution < 1.29 is 0 Å². The van der Waals surface area contributed by atoms with Gasteiger partial charge in [-0.1, -0.05) is 0 Å². The lowest BCUT2D eigenvalue weighted by atomic mass is 10.2. The second kappa shape index (κ2) is 2.48. The van der Waals surface area contributed by atoms with Crippen LogP contribution in [0.5, 0.6) is 0 Å². The molecule has 3 heteroatoms. The summed E-state index contributed by atoms with van der Waals surface area (Å²) in [7, 11) is 0. The van der Waals surface area contributed by atoms with Crippen molar-refractivity contribution in [2.75, 3.05) is 0 Å². The van der Waals surface area contributed by atoms with E-state index >= 15 is 0 Å². The first-order chi connectivity index (χ1) is 6.84. The smallest absolute Gasteiger partial charge is 0.180 e. The molecule has 0 radical (unpaired) electrons. The quantitative estimate of drug-likeness (QED) is 0.551. The summed E-state index contributed by atoms with van der Waals surface area (Å²) < 4.78 is 0. The van der Waals surface area contributed by atoms with Crippen molar-refractivity contribution in [2.24, 2.45) is 0 Å². The van der Waals surface area contributed by atoms with Crippen molar-refractivity contribution in [1.82, 2.24) is 9.97 Å². The summed E-state index contributed by atoms with van der Waals surface area (Å²) in [5.41, 5.74) is 2.98. The van der Waals surface area contributed by atoms with Crippen molar-refractivity contribution in [3.8, 4) is 0 Å². The molecule has 0 amide bonds. The Hall–Kier alpha value is -2.03. The monoisotopic (exact) mass is 184 g/mol. The molecule has 0 bridgehead atoms. The number of rotatable bonds is 0. The highest BCUT2D eigenvalue weighted by atomic mass is 16.1. The summed E-state index contributed by atoms with van der Waals surface area (Å²) >= 11 is 0. The van der Waals surface area contributed by atoms with Crippen molar-refractivity contribution in [3.63, 3.8) is 0 Å². The summed E-state index contributed by atoms with van der Waals surface area (Å²) in [6, 6.07) is 8.94. The van der Waals surface area contributed by atoms with Crippen LogP contribution in [0.3, 0.4) is 0 Å². The van der Waals surface area contributed by atoms with E-state index in [9.17, 15) is 4.79 Å². The Balaban J connectivity index is 2.63. The fourth-order valence-corrected chi connectivity index (χ4v) is 1.75. The van der Waals surface area contributed by atoms with Crippen molar-refractivity contribution in [2.45, 2.75) is 0 Å². The fraction of sp³-hybridized carbons (Fsp3) is 0. The molecular formula is C11H8N2O. The molecule has 3 aromatic rings. The predicted molar refractivity (Wildman–Crippen MR) is 56.4 cm³/mol. The third-order valence-corrected chi connectivity index (χ3v) is 2.39. The lowest BCUT2D eigenvalue weighted by Gasteiger charge is -1.88. The second-order valence-corrected chi connectivity index (χ2v) is 3.29. The Morgan fingerprint density at radius 3 is 2.93 bits per heavy atom. The Labute approximate surface area is 79.4 Å². The lowest BCUT2D eigenvalue weighted by Crippen LogP contribution is -1.93. The maximum Gasteiger partial charge on any atom is 0.180 e. The van der Waals surface area contributed by atoms with Crippen LogP contribution in [0.15, 0.2) is 41.3 Å². The van der Waals surface area contributed by atoms with Gasteiger partial charge in [-0.3, -0.25) is 4.79 Å². The zero-order valence-electron chi connectivity index (χ0n) is 7.37. The first kappa shape index (κ1) is 7.38. The van der Waals surface area contributed by atoms with Gasteiger partial charge < -0.3 is 9.97 Å². The minimum absolute atomic E-state index is 0.0315. The number of nitrogens with one attached hydrogen (secondary N) is 2. The van der Waals surface area contributed by atoms with Gasteiger partial charge in [-0.2, -0.15) is 0 Å². The van der Waals surface area contributed by atoms with E-state index in [-0.39, 0.29) is 5.43 Å².